The van der Waals surface area contributed by atoms with Crippen molar-refractivity contribution in [1.29, 1.82) is 0 Å². The summed E-state index contributed by atoms with van der Waals surface area (Å²) in [4.78, 5) is -0.237. The Hall–Kier alpha value is -0.460. The molecule has 3 nitrogen and oxygen atoms in total. The van der Waals surface area contributed by atoms with E-state index < -0.39 is 15.8 Å². The average Bonchev–Trinajstić information content (AvgIpc) is 2.41. The lowest BCUT2D eigenvalue weighted by atomic mass is 9.97. The molecule has 0 bridgehead atoms. The largest absolute Gasteiger partial charge is 0.246 e. The van der Waals surface area contributed by atoms with Gasteiger partial charge in [0.05, 0.1) is 0 Å². The topological polar surface area (TPSA) is 37.4 Å². The van der Waals surface area contributed by atoms with Crippen molar-refractivity contribution >= 4 is 26.0 Å². The third-order valence-electron chi connectivity index (χ3n) is 3.57. The van der Waals surface area contributed by atoms with E-state index in [0.717, 1.165) is 19.3 Å². The minimum absolute atomic E-state index is 0.237. The predicted molar refractivity (Wildman–Crippen MR) is 75.9 cm³/mol. The van der Waals surface area contributed by atoms with Crippen molar-refractivity contribution in [3.05, 3.63) is 28.5 Å². The molecule has 1 aliphatic heterocycles. The fourth-order valence-corrected chi connectivity index (χ4v) is 4.55. The van der Waals surface area contributed by atoms with Gasteiger partial charge < -0.3 is 0 Å². The molecule has 1 aromatic carbocycles. The first-order valence-corrected chi connectivity index (χ1v) is 8.63. The van der Waals surface area contributed by atoms with Gasteiger partial charge in [-0.1, -0.05) is 29.3 Å². The maximum absolute atomic E-state index is 13.8. The SMILES string of the molecule is CCC1CCCN(S(=O)(=O)c2cc(Br)ccc2F)C1. The van der Waals surface area contributed by atoms with Crippen LogP contribution in [0, 0.1) is 11.7 Å². The Morgan fingerprint density at radius 3 is 2.89 bits per heavy atom. The average molecular weight is 350 g/mol. The molecule has 1 fully saturated rings. The molecule has 1 aromatic rings. The van der Waals surface area contributed by atoms with E-state index in [9.17, 15) is 12.8 Å². The number of halogens is 2. The molecule has 6 heteroatoms. The van der Waals surface area contributed by atoms with Crippen LogP contribution in [0.5, 0.6) is 0 Å². The summed E-state index contributed by atoms with van der Waals surface area (Å²) in [6.07, 6.45) is 2.84. The zero-order valence-electron chi connectivity index (χ0n) is 10.8. The molecule has 1 heterocycles. The van der Waals surface area contributed by atoms with E-state index in [1.54, 1.807) is 0 Å². The van der Waals surface area contributed by atoms with Crippen LogP contribution in [0.1, 0.15) is 26.2 Å². The van der Waals surface area contributed by atoms with Crippen molar-refractivity contribution in [2.45, 2.75) is 31.1 Å². The zero-order valence-corrected chi connectivity index (χ0v) is 13.2. The summed E-state index contributed by atoms with van der Waals surface area (Å²) in [6.45, 7) is 3.02. The standard InChI is InChI=1S/C13H17BrFNO2S/c1-2-10-4-3-7-16(9-10)19(17,18)13-8-11(14)5-6-12(13)15/h5-6,8,10H,2-4,7,9H2,1H3. The Morgan fingerprint density at radius 1 is 1.47 bits per heavy atom. The van der Waals surface area contributed by atoms with Gasteiger partial charge in [0.25, 0.3) is 0 Å². The van der Waals surface area contributed by atoms with Crippen LogP contribution in [0.4, 0.5) is 4.39 Å². The monoisotopic (exact) mass is 349 g/mol. The number of hydrogen-bond donors (Lipinski definition) is 0. The lowest BCUT2D eigenvalue weighted by molar-refractivity contribution is 0.261. The summed E-state index contributed by atoms with van der Waals surface area (Å²) >= 11 is 3.19. The molecule has 106 valence electrons. The quantitative estimate of drug-likeness (QED) is 0.838. The summed E-state index contributed by atoms with van der Waals surface area (Å²) in [5.74, 6) is -0.319. The molecule has 0 amide bonds. The highest BCUT2D eigenvalue weighted by Gasteiger charge is 2.31. The van der Waals surface area contributed by atoms with Gasteiger partial charge in [-0.15, -0.1) is 0 Å². The maximum atomic E-state index is 13.8. The van der Waals surface area contributed by atoms with E-state index in [0.29, 0.717) is 23.5 Å². The highest BCUT2D eigenvalue weighted by molar-refractivity contribution is 9.10. The summed E-state index contributed by atoms with van der Waals surface area (Å²) in [6, 6.07) is 4.01. The van der Waals surface area contributed by atoms with Gasteiger partial charge >= 0.3 is 0 Å². The number of piperidine rings is 1. The van der Waals surface area contributed by atoms with Gasteiger partial charge in [0.15, 0.2) is 0 Å². The molecular formula is C13H17BrFNO2S. The summed E-state index contributed by atoms with van der Waals surface area (Å²) in [5, 5.41) is 0. The lowest BCUT2D eigenvalue weighted by Gasteiger charge is -2.31. The highest BCUT2D eigenvalue weighted by Crippen LogP contribution is 2.28. The second kappa shape index (κ2) is 5.89. The second-order valence-electron chi connectivity index (χ2n) is 4.85. The van der Waals surface area contributed by atoms with Crippen molar-refractivity contribution in [3.8, 4) is 0 Å². The normalized spacial score (nSPS) is 21.5. The molecule has 0 spiro atoms. The number of sulfonamides is 1. The number of hydrogen-bond acceptors (Lipinski definition) is 2. The molecule has 0 aromatic heterocycles. The van der Waals surface area contributed by atoms with Gasteiger partial charge in [-0.25, -0.2) is 12.8 Å². The smallest absolute Gasteiger partial charge is 0.207 e. The van der Waals surface area contributed by atoms with Crippen molar-refractivity contribution < 1.29 is 12.8 Å². The van der Waals surface area contributed by atoms with Crippen LogP contribution in [-0.4, -0.2) is 25.8 Å². The van der Waals surface area contributed by atoms with Gasteiger partial charge in [0.2, 0.25) is 10.0 Å². The minimum atomic E-state index is -3.73. The molecule has 0 saturated carbocycles. The van der Waals surface area contributed by atoms with Crippen LogP contribution in [0.3, 0.4) is 0 Å². The van der Waals surface area contributed by atoms with Crippen LogP contribution in [-0.2, 0) is 10.0 Å². The Kier molecular flexibility index (Phi) is 4.63. The van der Waals surface area contributed by atoms with Gasteiger partial charge in [-0.3, -0.25) is 0 Å². The molecule has 0 N–H and O–H groups in total. The van der Waals surface area contributed by atoms with Crippen molar-refractivity contribution in [3.63, 3.8) is 0 Å². The first kappa shape index (κ1) is 14.9. The molecule has 1 atom stereocenters. The van der Waals surface area contributed by atoms with E-state index in [1.165, 1.54) is 22.5 Å². The van der Waals surface area contributed by atoms with Crippen LogP contribution in [0.2, 0.25) is 0 Å². The Bertz CT molecular complexity index is 562. The maximum Gasteiger partial charge on any atom is 0.246 e. The van der Waals surface area contributed by atoms with Crippen LogP contribution in [0.15, 0.2) is 27.6 Å². The number of benzene rings is 1. The Morgan fingerprint density at radius 2 is 2.21 bits per heavy atom. The van der Waals surface area contributed by atoms with Crippen molar-refractivity contribution in [2.75, 3.05) is 13.1 Å². The number of rotatable bonds is 3. The van der Waals surface area contributed by atoms with Gasteiger partial charge in [-0.05, 0) is 37.0 Å². The van der Waals surface area contributed by atoms with Crippen LogP contribution < -0.4 is 0 Å². The van der Waals surface area contributed by atoms with Crippen LogP contribution in [0.25, 0.3) is 0 Å². The van der Waals surface area contributed by atoms with E-state index in [4.69, 9.17) is 0 Å². The third-order valence-corrected chi connectivity index (χ3v) is 5.94. The van der Waals surface area contributed by atoms with Gasteiger partial charge in [-0.2, -0.15) is 4.31 Å². The first-order valence-electron chi connectivity index (χ1n) is 6.40. The Balaban J connectivity index is 2.34. The van der Waals surface area contributed by atoms with Gasteiger partial charge in [0, 0.05) is 17.6 Å². The van der Waals surface area contributed by atoms with E-state index in [-0.39, 0.29) is 4.90 Å². The summed E-state index contributed by atoms with van der Waals surface area (Å²) in [5.41, 5.74) is 0. The van der Waals surface area contributed by atoms with E-state index in [1.807, 2.05) is 0 Å². The van der Waals surface area contributed by atoms with Gasteiger partial charge in [0.1, 0.15) is 10.7 Å². The summed E-state index contributed by atoms with van der Waals surface area (Å²) in [7, 11) is -3.73. The lowest BCUT2D eigenvalue weighted by Crippen LogP contribution is -2.40. The zero-order chi connectivity index (χ0) is 14.0. The fourth-order valence-electron chi connectivity index (χ4n) is 2.39. The fraction of sp³-hybridized carbons (Fsp3) is 0.538. The molecule has 2 rings (SSSR count). The van der Waals surface area contributed by atoms with E-state index in [2.05, 4.69) is 22.9 Å². The predicted octanol–water partition coefficient (Wildman–Crippen LogP) is 3.40. The van der Waals surface area contributed by atoms with Crippen molar-refractivity contribution in [2.24, 2.45) is 5.92 Å². The summed E-state index contributed by atoms with van der Waals surface area (Å²) < 4.78 is 40.7. The molecule has 1 unspecified atom stereocenters. The molecule has 1 aliphatic rings. The second-order valence-corrected chi connectivity index (χ2v) is 7.68. The molecule has 0 aliphatic carbocycles. The minimum Gasteiger partial charge on any atom is -0.207 e. The highest BCUT2D eigenvalue weighted by atomic mass is 79.9. The molecular weight excluding hydrogens is 333 g/mol. The molecule has 1 saturated heterocycles. The Labute approximate surface area is 122 Å². The first-order chi connectivity index (χ1) is 8.95. The van der Waals surface area contributed by atoms with Crippen molar-refractivity contribution in [1.82, 2.24) is 4.31 Å². The van der Waals surface area contributed by atoms with Crippen LogP contribution >= 0.6 is 15.9 Å². The number of nitrogens with zero attached hydrogens (tertiary/aromatic N) is 1. The third kappa shape index (κ3) is 3.17. The molecule has 0 radical (unpaired) electrons. The van der Waals surface area contributed by atoms with E-state index >= 15 is 0 Å². The molecule has 19 heavy (non-hydrogen) atoms.